The molecule has 2 aromatic carbocycles. The number of carbonyl (C=O) groups excluding carboxylic acids is 1. The standard InChI is InChI=1S/C21H21FN4O/c1-2-12-23-21(27)18-13-19(24-14-15-8-10-17(22)11-9-15)26-20(25-18)16-6-4-3-5-7-16/h3-11,13H,2,12,14H2,1H3,(H,23,27)(H,24,25,26). The van der Waals surface area contributed by atoms with E-state index in [1.807, 2.05) is 37.3 Å². The van der Waals surface area contributed by atoms with Crippen LogP contribution in [0.5, 0.6) is 0 Å². The number of anilines is 1. The van der Waals surface area contributed by atoms with E-state index in [4.69, 9.17) is 0 Å². The Kier molecular flexibility index (Phi) is 6.10. The molecule has 0 aliphatic heterocycles. The Hall–Kier alpha value is -3.28. The second-order valence-electron chi connectivity index (χ2n) is 6.06. The third-order valence-electron chi connectivity index (χ3n) is 3.91. The van der Waals surface area contributed by atoms with Crippen LogP contribution in [0.25, 0.3) is 11.4 Å². The van der Waals surface area contributed by atoms with Crippen molar-refractivity contribution in [3.63, 3.8) is 0 Å². The van der Waals surface area contributed by atoms with E-state index in [2.05, 4.69) is 20.6 Å². The average molecular weight is 364 g/mol. The molecular formula is C21H21FN4O. The first-order valence-electron chi connectivity index (χ1n) is 8.86. The largest absolute Gasteiger partial charge is 0.366 e. The van der Waals surface area contributed by atoms with Gasteiger partial charge in [0.05, 0.1) is 0 Å². The van der Waals surface area contributed by atoms with Gasteiger partial charge in [-0.3, -0.25) is 4.79 Å². The zero-order valence-corrected chi connectivity index (χ0v) is 15.1. The van der Waals surface area contributed by atoms with Gasteiger partial charge in [0.15, 0.2) is 5.82 Å². The summed E-state index contributed by atoms with van der Waals surface area (Å²) < 4.78 is 13.0. The van der Waals surface area contributed by atoms with Crippen LogP contribution in [0, 0.1) is 5.82 Å². The Morgan fingerprint density at radius 2 is 1.78 bits per heavy atom. The van der Waals surface area contributed by atoms with Gasteiger partial charge < -0.3 is 10.6 Å². The first-order valence-corrected chi connectivity index (χ1v) is 8.86. The number of aromatic nitrogens is 2. The minimum Gasteiger partial charge on any atom is -0.366 e. The van der Waals surface area contributed by atoms with Crippen LogP contribution in [0.1, 0.15) is 29.4 Å². The van der Waals surface area contributed by atoms with Gasteiger partial charge in [-0.15, -0.1) is 0 Å². The van der Waals surface area contributed by atoms with Gasteiger partial charge in [-0.05, 0) is 24.1 Å². The Labute approximate surface area is 157 Å². The van der Waals surface area contributed by atoms with Crippen molar-refractivity contribution in [3.05, 3.63) is 77.7 Å². The summed E-state index contributed by atoms with van der Waals surface area (Å²) in [7, 11) is 0. The molecule has 1 amide bonds. The van der Waals surface area contributed by atoms with Crippen molar-refractivity contribution in [2.24, 2.45) is 0 Å². The SMILES string of the molecule is CCCNC(=O)c1cc(NCc2ccc(F)cc2)nc(-c2ccccc2)n1. The van der Waals surface area contributed by atoms with Gasteiger partial charge in [0, 0.05) is 24.7 Å². The Bertz CT molecular complexity index is 898. The molecule has 0 atom stereocenters. The summed E-state index contributed by atoms with van der Waals surface area (Å²) in [5.41, 5.74) is 2.04. The Morgan fingerprint density at radius 1 is 1.04 bits per heavy atom. The van der Waals surface area contributed by atoms with Crippen LogP contribution >= 0.6 is 0 Å². The molecule has 6 heteroatoms. The summed E-state index contributed by atoms with van der Waals surface area (Å²) in [4.78, 5) is 21.3. The van der Waals surface area contributed by atoms with Gasteiger partial charge in [0.25, 0.3) is 5.91 Å². The van der Waals surface area contributed by atoms with Gasteiger partial charge in [-0.25, -0.2) is 14.4 Å². The molecule has 0 aliphatic rings. The molecule has 138 valence electrons. The molecular weight excluding hydrogens is 343 g/mol. The summed E-state index contributed by atoms with van der Waals surface area (Å²) in [6, 6.07) is 17.4. The predicted octanol–water partition coefficient (Wildman–Crippen LogP) is 4.03. The van der Waals surface area contributed by atoms with Gasteiger partial charge in [0.1, 0.15) is 17.3 Å². The summed E-state index contributed by atoms with van der Waals surface area (Å²) >= 11 is 0. The third-order valence-corrected chi connectivity index (χ3v) is 3.91. The molecule has 27 heavy (non-hydrogen) atoms. The number of nitrogens with zero attached hydrogens (tertiary/aromatic N) is 2. The maximum absolute atomic E-state index is 13.0. The first kappa shape index (κ1) is 18.5. The molecule has 1 aromatic heterocycles. The fraction of sp³-hybridized carbons (Fsp3) is 0.190. The van der Waals surface area contributed by atoms with Crippen molar-refractivity contribution in [2.45, 2.75) is 19.9 Å². The lowest BCUT2D eigenvalue weighted by Crippen LogP contribution is -2.25. The summed E-state index contributed by atoms with van der Waals surface area (Å²) in [6.45, 7) is 3.04. The molecule has 0 aliphatic carbocycles. The maximum atomic E-state index is 13.0. The minimum atomic E-state index is -0.276. The lowest BCUT2D eigenvalue weighted by atomic mass is 10.2. The average Bonchev–Trinajstić information content (AvgIpc) is 2.72. The van der Waals surface area contributed by atoms with E-state index >= 15 is 0 Å². The molecule has 0 radical (unpaired) electrons. The molecule has 0 unspecified atom stereocenters. The molecule has 0 saturated carbocycles. The van der Waals surface area contributed by atoms with E-state index in [-0.39, 0.29) is 11.7 Å². The Balaban J connectivity index is 1.87. The molecule has 0 fully saturated rings. The summed E-state index contributed by atoms with van der Waals surface area (Å²) in [6.07, 6.45) is 0.845. The lowest BCUT2D eigenvalue weighted by molar-refractivity contribution is 0.0948. The molecule has 1 heterocycles. The van der Waals surface area contributed by atoms with Crippen LogP contribution < -0.4 is 10.6 Å². The molecule has 2 N–H and O–H groups in total. The monoisotopic (exact) mass is 364 g/mol. The second-order valence-corrected chi connectivity index (χ2v) is 6.06. The van der Waals surface area contributed by atoms with Crippen LogP contribution in [0.15, 0.2) is 60.7 Å². The van der Waals surface area contributed by atoms with Crippen molar-refractivity contribution in [3.8, 4) is 11.4 Å². The topological polar surface area (TPSA) is 66.9 Å². The number of hydrogen-bond acceptors (Lipinski definition) is 4. The Morgan fingerprint density at radius 3 is 2.48 bits per heavy atom. The molecule has 3 aromatic rings. The van der Waals surface area contributed by atoms with Crippen LogP contribution in [0.3, 0.4) is 0 Å². The highest BCUT2D eigenvalue weighted by Crippen LogP contribution is 2.18. The number of nitrogens with one attached hydrogen (secondary N) is 2. The third kappa shape index (κ3) is 5.10. The number of benzene rings is 2. The van der Waals surface area contributed by atoms with Crippen LogP contribution in [-0.2, 0) is 6.54 Å². The highest BCUT2D eigenvalue weighted by molar-refractivity contribution is 5.93. The maximum Gasteiger partial charge on any atom is 0.270 e. The molecule has 5 nitrogen and oxygen atoms in total. The summed E-state index contributed by atoms with van der Waals surface area (Å²) in [5.74, 6) is 0.500. The van der Waals surface area contributed by atoms with Gasteiger partial charge >= 0.3 is 0 Å². The quantitative estimate of drug-likeness (QED) is 0.664. The zero-order chi connectivity index (χ0) is 19.1. The fourth-order valence-corrected chi connectivity index (χ4v) is 2.49. The van der Waals surface area contributed by atoms with E-state index in [1.54, 1.807) is 18.2 Å². The van der Waals surface area contributed by atoms with Crippen molar-refractivity contribution in [2.75, 3.05) is 11.9 Å². The van der Waals surface area contributed by atoms with Crippen LogP contribution in [-0.4, -0.2) is 22.4 Å². The lowest BCUT2D eigenvalue weighted by Gasteiger charge is -2.11. The van der Waals surface area contributed by atoms with Crippen molar-refractivity contribution >= 4 is 11.7 Å². The highest BCUT2D eigenvalue weighted by Gasteiger charge is 2.12. The van der Waals surface area contributed by atoms with E-state index in [0.717, 1.165) is 17.5 Å². The minimum absolute atomic E-state index is 0.235. The summed E-state index contributed by atoms with van der Waals surface area (Å²) in [5, 5.41) is 6.02. The fourth-order valence-electron chi connectivity index (χ4n) is 2.49. The van der Waals surface area contributed by atoms with Crippen LogP contribution in [0.2, 0.25) is 0 Å². The van der Waals surface area contributed by atoms with Gasteiger partial charge in [0.2, 0.25) is 0 Å². The molecule has 0 bridgehead atoms. The number of rotatable bonds is 7. The number of carbonyl (C=O) groups is 1. The predicted molar refractivity (Wildman–Crippen MR) is 104 cm³/mol. The number of amides is 1. The van der Waals surface area contributed by atoms with Crippen molar-refractivity contribution < 1.29 is 9.18 Å². The van der Waals surface area contributed by atoms with E-state index < -0.39 is 0 Å². The number of hydrogen-bond donors (Lipinski definition) is 2. The normalized spacial score (nSPS) is 10.4. The van der Waals surface area contributed by atoms with Gasteiger partial charge in [-0.1, -0.05) is 49.4 Å². The number of halogens is 1. The molecule has 3 rings (SSSR count). The molecule has 0 spiro atoms. The van der Waals surface area contributed by atoms with E-state index in [9.17, 15) is 9.18 Å². The van der Waals surface area contributed by atoms with E-state index in [1.165, 1.54) is 12.1 Å². The highest BCUT2D eigenvalue weighted by atomic mass is 19.1. The van der Waals surface area contributed by atoms with Crippen molar-refractivity contribution in [1.82, 2.24) is 15.3 Å². The van der Waals surface area contributed by atoms with E-state index in [0.29, 0.717) is 30.4 Å². The van der Waals surface area contributed by atoms with Crippen molar-refractivity contribution in [1.29, 1.82) is 0 Å². The molecule has 0 saturated heterocycles. The van der Waals surface area contributed by atoms with Crippen LogP contribution in [0.4, 0.5) is 10.2 Å². The smallest absolute Gasteiger partial charge is 0.270 e. The second kappa shape index (κ2) is 8.89. The first-order chi connectivity index (χ1) is 13.2. The van der Waals surface area contributed by atoms with Gasteiger partial charge in [-0.2, -0.15) is 0 Å². The zero-order valence-electron chi connectivity index (χ0n) is 15.1.